The first kappa shape index (κ1) is 17.3. The molecule has 2 aromatic rings. The van der Waals surface area contributed by atoms with Crippen LogP contribution in [-0.4, -0.2) is 43.9 Å². The minimum absolute atomic E-state index is 0.0127. The second-order valence-corrected chi connectivity index (χ2v) is 5.79. The van der Waals surface area contributed by atoms with Crippen LogP contribution in [0.3, 0.4) is 0 Å². The Morgan fingerprint density at radius 2 is 1.76 bits per heavy atom. The summed E-state index contributed by atoms with van der Waals surface area (Å²) in [6, 6.07) is 14.8. The number of rotatable bonds is 6. The monoisotopic (exact) mass is 342 g/mol. The van der Waals surface area contributed by atoms with Gasteiger partial charge in [-0.1, -0.05) is 12.1 Å². The Labute approximate surface area is 147 Å². The Balaban J connectivity index is 1.48. The number of hydrogen-bond acceptors (Lipinski definition) is 5. The topological polar surface area (TPSA) is 71.0 Å². The Morgan fingerprint density at radius 1 is 1.08 bits per heavy atom. The molecule has 2 N–H and O–H groups in total. The van der Waals surface area contributed by atoms with Crippen molar-refractivity contribution in [2.75, 3.05) is 43.1 Å². The van der Waals surface area contributed by atoms with Crippen LogP contribution in [0.5, 0.6) is 5.75 Å². The number of carbonyl (C=O) groups is 1. The van der Waals surface area contributed by atoms with Gasteiger partial charge in [0.1, 0.15) is 5.75 Å². The average Bonchev–Trinajstić information content (AvgIpc) is 2.68. The van der Waals surface area contributed by atoms with Gasteiger partial charge in [0.05, 0.1) is 19.8 Å². The molecule has 0 bridgehead atoms. The first-order chi connectivity index (χ1) is 12.2. The Bertz CT molecular complexity index is 680. The summed E-state index contributed by atoms with van der Waals surface area (Å²) in [5.41, 5.74) is 2.67. The molecule has 1 saturated heterocycles. The molecule has 1 amide bonds. The molecule has 6 nitrogen and oxygen atoms in total. The van der Waals surface area contributed by atoms with Crippen LogP contribution in [0.1, 0.15) is 5.56 Å². The van der Waals surface area contributed by atoms with E-state index in [9.17, 15) is 4.79 Å². The molecule has 0 atom stereocenters. The number of morpholine rings is 1. The van der Waals surface area contributed by atoms with Gasteiger partial charge in [0.2, 0.25) is 0 Å². The molecule has 0 saturated carbocycles. The summed E-state index contributed by atoms with van der Waals surface area (Å²) in [5.74, 6) is 0.375. The summed E-state index contributed by atoms with van der Waals surface area (Å²) in [5, 5.41) is 11.8. The Morgan fingerprint density at radius 3 is 2.40 bits per heavy atom. The first-order valence-electron chi connectivity index (χ1n) is 8.30. The number of hydrogen-bond donors (Lipinski definition) is 2. The van der Waals surface area contributed by atoms with E-state index in [0.717, 1.165) is 43.2 Å². The number of benzene rings is 2. The maximum Gasteiger partial charge on any atom is 0.262 e. The zero-order valence-electron chi connectivity index (χ0n) is 14.0. The molecule has 6 heteroatoms. The van der Waals surface area contributed by atoms with Crippen LogP contribution in [-0.2, 0) is 16.1 Å². The van der Waals surface area contributed by atoms with E-state index in [1.165, 1.54) is 0 Å². The van der Waals surface area contributed by atoms with Gasteiger partial charge in [0, 0.05) is 24.5 Å². The summed E-state index contributed by atoms with van der Waals surface area (Å²) in [4.78, 5) is 14.3. The normalized spacial score (nSPS) is 14.2. The molecule has 0 unspecified atom stereocenters. The van der Waals surface area contributed by atoms with Crippen molar-refractivity contribution in [2.24, 2.45) is 0 Å². The SMILES string of the molecule is O=C(COc1ccc(CO)cc1)Nc1ccc(N2CCOCC2)cc1. The van der Waals surface area contributed by atoms with Crippen LogP contribution < -0.4 is 15.0 Å². The molecule has 1 fully saturated rings. The van der Waals surface area contributed by atoms with Crippen LogP contribution in [0.15, 0.2) is 48.5 Å². The van der Waals surface area contributed by atoms with Gasteiger partial charge in [0.15, 0.2) is 6.61 Å². The van der Waals surface area contributed by atoms with Gasteiger partial charge in [0.25, 0.3) is 5.91 Å². The Kier molecular flexibility index (Phi) is 5.87. The standard InChI is InChI=1S/C19H22N2O4/c22-13-15-1-7-18(8-2-15)25-14-19(23)20-16-3-5-17(6-4-16)21-9-11-24-12-10-21/h1-8,22H,9-14H2,(H,20,23). The molecule has 0 radical (unpaired) electrons. The third-order valence-electron chi connectivity index (χ3n) is 4.00. The highest BCUT2D eigenvalue weighted by atomic mass is 16.5. The largest absolute Gasteiger partial charge is 0.484 e. The molecule has 132 valence electrons. The second-order valence-electron chi connectivity index (χ2n) is 5.79. The number of anilines is 2. The van der Waals surface area contributed by atoms with Gasteiger partial charge in [-0.3, -0.25) is 4.79 Å². The molecule has 1 aliphatic rings. The zero-order valence-corrected chi connectivity index (χ0v) is 14.0. The van der Waals surface area contributed by atoms with Crippen molar-refractivity contribution in [1.29, 1.82) is 0 Å². The third-order valence-corrected chi connectivity index (χ3v) is 4.00. The van der Waals surface area contributed by atoms with E-state index in [1.807, 2.05) is 24.3 Å². The van der Waals surface area contributed by atoms with Crippen LogP contribution in [0.4, 0.5) is 11.4 Å². The smallest absolute Gasteiger partial charge is 0.262 e. The lowest BCUT2D eigenvalue weighted by Crippen LogP contribution is -2.36. The molecular formula is C19H22N2O4. The molecule has 1 aliphatic heterocycles. The van der Waals surface area contributed by atoms with Crippen LogP contribution in [0, 0.1) is 0 Å². The molecule has 25 heavy (non-hydrogen) atoms. The van der Waals surface area contributed by atoms with Crippen LogP contribution in [0.25, 0.3) is 0 Å². The van der Waals surface area contributed by atoms with E-state index >= 15 is 0 Å². The van der Waals surface area contributed by atoms with E-state index < -0.39 is 0 Å². The molecule has 1 heterocycles. The fourth-order valence-electron chi connectivity index (χ4n) is 2.61. The fraction of sp³-hybridized carbons (Fsp3) is 0.316. The number of carbonyl (C=O) groups excluding carboxylic acids is 1. The van der Waals surface area contributed by atoms with Crippen molar-refractivity contribution >= 4 is 17.3 Å². The summed E-state index contributed by atoms with van der Waals surface area (Å²) in [6.45, 7) is 3.18. The lowest BCUT2D eigenvalue weighted by atomic mass is 10.2. The maximum atomic E-state index is 12.0. The second kappa shape index (κ2) is 8.50. The predicted octanol–water partition coefficient (Wildman–Crippen LogP) is 2.03. The van der Waals surface area contributed by atoms with Gasteiger partial charge in [-0.25, -0.2) is 0 Å². The van der Waals surface area contributed by atoms with Crippen molar-refractivity contribution in [3.05, 3.63) is 54.1 Å². The minimum Gasteiger partial charge on any atom is -0.484 e. The van der Waals surface area contributed by atoms with Gasteiger partial charge >= 0.3 is 0 Å². The highest BCUT2D eigenvalue weighted by Crippen LogP contribution is 2.19. The minimum atomic E-state index is -0.217. The summed E-state index contributed by atoms with van der Waals surface area (Å²) in [7, 11) is 0. The van der Waals surface area contributed by atoms with E-state index in [0.29, 0.717) is 5.75 Å². The number of aliphatic hydroxyl groups excluding tert-OH is 1. The number of amides is 1. The molecule has 0 spiro atoms. The third kappa shape index (κ3) is 4.95. The summed E-state index contributed by atoms with van der Waals surface area (Å²) < 4.78 is 10.8. The molecular weight excluding hydrogens is 320 g/mol. The predicted molar refractivity (Wildman–Crippen MR) is 96.0 cm³/mol. The zero-order chi connectivity index (χ0) is 17.5. The van der Waals surface area contributed by atoms with E-state index in [1.54, 1.807) is 24.3 Å². The average molecular weight is 342 g/mol. The number of nitrogens with one attached hydrogen (secondary N) is 1. The van der Waals surface area contributed by atoms with Crippen LogP contribution in [0.2, 0.25) is 0 Å². The van der Waals surface area contributed by atoms with Crippen molar-refractivity contribution in [2.45, 2.75) is 6.61 Å². The van der Waals surface area contributed by atoms with Crippen molar-refractivity contribution in [1.82, 2.24) is 0 Å². The summed E-state index contributed by atoms with van der Waals surface area (Å²) >= 11 is 0. The van der Waals surface area contributed by atoms with Gasteiger partial charge in [-0.05, 0) is 42.0 Å². The van der Waals surface area contributed by atoms with Gasteiger partial charge in [-0.15, -0.1) is 0 Å². The van der Waals surface area contributed by atoms with Crippen molar-refractivity contribution < 1.29 is 19.4 Å². The molecule has 0 aliphatic carbocycles. The van der Waals surface area contributed by atoms with Crippen molar-refractivity contribution in [3.8, 4) is 5.75 Å². The van der Waals surface area contributed by atoms with Crippen LogP contribution >= 0.6 is 0 Å². The molecule has 3 rings (SSSR count). The number of nitrogens with zero attached hydrogens (tertiary/aromatic N) is 1. The fourth-order valence-corrected chi connectivity index (χ4v) is 2.61. The number of ether oxygens (including phenoxy) is 2. The highest BCUT2D eigenvalue weighted by Gasteiger charge is 2.11. The van der Waals surface area contributed by atoms with Gasteiger partial charge in [-0.2, -0.15) is 0 Å². The van der Waals surface area contributed by atoms with E-state index in [-0.39, 0.29) is 19.1 Å². The maximum absolute atomic E-state index is 12.0. The molecule has 0 aromatic heterocycles. The van der Waals surface area contributed by atoms with Gasteiger partial charge < -0.3 is 24.8 Å². The quantitative estimate of drug-likeness (QED) is 0.841. The molecule has 2 aromatic carbocycles. The lowest BCUT2D eigenvalue weighted by Gasteiger charge is -2.28. The highest BCUT2D eigenvalue weighted by molar-refractivity contribution is 5.92. The lowest BCUT2D eigenvalue weighted by molar-refractivity contribution is -0.118. The van der Waals surface area contributed by atoms with E-state index in [2.05, 4.69) is 10.2 Å². The van der Waals surface area contributed by atoms with E-state index in [4.69, 9.17) is 14.6 Å². The van der Waals surface area contributed by atoms with Crippen molar-refractivity contribution in [3.63, 3.8) is 0 Å². The number of aliphatic hydroxyl groups is 1. The summed E-state index contributed by atoms with van der Waals surface area (Å²) in [6.07, 6.45) is 0. The Hall–Kier alpha value is -2.57. The first-order valence-corrected chi connectivity index (χ1v) is 8.30.